The van der Waals surface area contributed by atoms with E-state index < -0.39 is 11.8 Å². The molecule has 0 saturated heterocycles. The third kappa shape index (κ3) is 6.52. The minimum Gasteiger partial charge on any atom is -0.368 e. The summed E-state index contributed by atoms with van der Waals surface area (Å²) in [4.78, 5) is 34.6. The summed E-state index contributed by atoms with van der Waals surface area (Å²) in [5.74, 6) is -2.00. The van der Waals surface area contributed by atoms with E-state index in [0.717, 1.165) is 11.4 Å². The number of nitrogens with two attached hydrogens (primary N) is 2. The van der Waals surface area contributed by atoms with Crippen LogP contribution in [0.5, 0.6) is 0 Å². The molecular formula is C10H20N4O3. The number of hydrogen-bond donors (Lipinski definition) is 3. The van der Waals surface area contributed by atoms with E-state index in [2.05, 4.69) is 5.32 Å². The number of carbonyl (C=O) groups excluding carboxylic acids is 3. The van der Waals surface area contributed by atoms with Crippen LogP contribution in [-0.2, 0) is 14.4 Å². The topological polar surface area (TPSA) is 119 Å². The molecule has 0 aliphatic heterocycles. The molecule has 0 spiro atoms. The summed E-state index contributed by atoms with van der Waals surface area (Å²) in [5, 5.41) is 3.01. The van der Waals surface area contributed by atoms with Gasteiger partial charge in [-0.3, -0.25) is 14.4 Å². The van der Waals surface area contributed by atoms with Crippen molar-refractivity contribution in [1.29, 1.82) is 0 Å². The van der Waals surface area contributed by atoms with Gasteiger partial charge in [-0.2, -0.15) is 0 Å². The van der Waals surface area contributed by atoms with Crippen molar-refractivity contribution in [2.24, 2.45) is 17.4 Å². The van der Waals surface area contributed by atoms with Crippen LogP contribution < -0.4 is 16.8 Å². The zero-order valence-electron chi connectivity index (χ0n) is 10.2. The second-order valence-electron chi connectivity index (χ2n) is 3.84. The third-order valence-corrected chi connectivity index (χ3v) is 2.13. The Morgan fingerprint density at radius 2 is 1.65 bits per heavy atom. The molecule has 98 valence electrons. The van der Waals surface area contributed by atoms with E-state index in [1.54, 1.807) is 6.92 Å². The quantitative estimate of drug-likeness (QED) is 0.459. The molecule has 0 aliphatic rings. The molecule has 5 N–H and O–H groups in total. The summed E-state index contributed by atoms with van der Waals surface area (Å²) in [5.41, 5.74) is 10.0. The van der Waals surface area contributed by atoms with Gasteiger partial charge in [0.15, 0.2) is 0 Å². The molecule has 1 atom stereocenters. The predicted octanol–water partition coefficient (Wildman–Crippen LogP) is -1.97. The van der Waals surface area contributed by atoms with E-state index >= 15 is 0 Å². The van der Waals surface area contributed by atoms with E-state index in [1.165, 1.54) is 0 Å². The maximum atomic E-state index is 11.9. The number of nitrogens with one attached hydrogen (secondary N) is 1. The highest BCUT2D eigenvalue weighted by atomic mass is 16.2. The molecule has 0 aliphatic carbocycles. The van der Waals surface area contributed by atoms with Gasteiger partial charge < -0.3 is 21.7 Å². The lowest BCUT2D eigenvalue weighted by Gasteiger charge is -2.23. The molecule has 0 radical (unpaired) electrons. The Balaban J connectivity index is 4.49. The summed E-state index contributed by atoms with van der Waals surface area (Å²) in [7, 11) is 0. The summed E-state index contributed by atoms with van der Waals surface area (Å²) in [6, 6.07) is 0. The fourth-order valence-corrected chi connectivity index (χ4v) is 1.35. The summed E-state index contributed by atoms with van der Waals surface area (Å²) >= 11 is 0. The smallest absolute Gasteiger partial charge is 0.237 e. The van der Waals surface area contributed by atoms with Crippen molar-refractivity contribution in [3.63, 3.8) is 0 Å². The maximum Gasteiger partial charge on any atom is 0.237 e. The molecule has 0 aromatic carbocycles. The molecule has 3 amide bonds. The van der Waals surface area contributed by atoms with Gasteiger partial charge in [-0.1, -0.05) is 13.8 Å². The average Bonchev–Trinajstić information content (AvgIpc) is 2.22. The van der Waals surface area contributed by atoms with Crippen LogP contribution in [-0.4, -0.2) is 48.8 Å². The number of hydrogen-bond acceptors (Lipinski definition) is 4. The van der Waals surface area contributed by atoms with Crippen molar-refractivity contribution in [3.8, 4) is 0 Å². The molecule has 0 heterocycles. The van der Waals surface area contributed by atoms with E-state index in [4.69, 9.17) is 11.5 Å². The zero-order chi connectivity index (χ0) is 13.4. The Kier molecular flexibility index (Phi) is 6.88. The Labute approximate surface area is 100 Å². The fourth-order valence-electron chi connectivity index (χ4n) is 1.35. The van der Waals surface area contributed by atoms with Crippen molar-refractivity contribution in [2.45, 2.75) is 13.8 Å². The largest absolute Gasteiger partial charge is 0.368 e. The summed E-state index contributed by atoms with van der Waals surface area (Å²) < 4.78 is 0. The van der Waals surface area contributed by atoms with Gasteiger partial charge in [0.05, 0.1) is 13.1 Å². The summed E-state index contributed by atoms with van der Waals surface area (Å²) in [6.45, 7) is 4.25. The SMILES string of the molecule is CCNCC(C)C(=O)N(CC(N)=O)CC(N)=O. The highest BCUT2D eigenvalue weighted by Gasteiger charge is 2.22. The van der Waals surface area contributed by atoms with Crippen molar-refractivity contribution < 1.29 is 14.4 Å². The normalized spacial score (nSPS) is 11.9. The van der Waals surface area contributed by atoms with Crippen molar-refractivity contribution in [2.75, 3.05) is 26.2 Å². The molecule has 1 unspecified atom stereocenters. The molecule has 0 fully saturated rings. The van der Waals surface area contributed by atoms with Gasteiger partial charge in [-0.25, -0.2) is 0 Å². The first kappa shape index (κ1) is 15.4. The molecular weight excluding hydrogens is 224 g/mol. The fraction of sp³-hybridized carbons (Fsp3) is 0.700. The zero-order valence-corrected chi connectivity index (χ0v) is 10.2. The van der Waals surface area contributed by atoms with Crippen LogP contribution in [0.3, 0.4) is 0 Å². The van der Waals surface area contributed by atoms with Gasteiger partial charge in [0.25, 0.3) is 0 Å². The highest BCUT2D eigenvalue weighted by molar-refractivity contribution is 5.89. The summed E-state index contributed by atoms with van der Waals surface area (Å²) in [6.07, 6.45) is 0. The van der Waals surface area contributed by atoms with E-state index in [-0.39, 0.29) is 24.9 Å². The molecule has 0 rings (SSSR count). The lowest BCUT2D eigenvalue weighted by atomic mass is 10.1. The number of amides is 3. The van der Waals surface area contributed by atoms with Crippen molar-refractivity contribution >= 4 is 17.7 Å². The molecule has 17 heavy (non-hydrogen) atoms. The minimum absolute atomic E-state index is 0.293. The number of primary amides is 2. The molecule has 0 saturated carbocycles. The van der Waals surface area contributed by atoms with Crippen LogP contribution in [0.15, 0.2) is 0 Å². The standard InChI is InChI=1S/C10H20N4O3/c1-3-13-4-7(2)10(17)14(5-8(11)15)6-9(12)16/h7,13H,3-6H2,1-2H3,(H2,11,15)(H2,12,16). The van der Waals surface area contributed by atoms with Crippen molar-refractivity contribution in [1.82, 2.24) is 10.2 Å². The Bertz CT molecular complexity index is 277. The highest BCUT2D eigenvalue weighted by Crippen LogP contribution is 2.01. The molecule has 0 bridgehead atoms. The maximum absolute atomic E-state index is 11.9. The van der Waals surface area contributed by atoms with Gasteiger partial charge >= 0.3 is 0 Å². The van der Waals surface area contributed by atoms with Crippen LogP contribution in [0, 0.1) is 5.92 Å². The Morgan fingerprint density at radius 3 is 2.00 bits per heavy atom. The monoisotopic (exact) mass is 244 g/mol. The second-order valence-corrected chi connectivity index (χ2v) is 3.84. The van der Waals surface area contributed by atoms with Crippen LogP contribution in [0.1, 0.15) is 13.8 Å². The molecule has 7 nitrogen and oxygen atoms in total. The minimum atomic E-state index is -0.671. The van der Waals surface area contributed by atoms with Gasteiger partial charge in [-0.15, -0.1) is 0 Å². The van der Waals surface area contributed by atoms with E-state index in [1.807, 2.05) is 6.92 Å². The van der Waals surface area contributed by atoms with E-state index in [0.29, 0.717) is 6.54 Å². The Morgan fingerprint density at radius 1 is 1.18 bits per heavy atom. The average molecular weight is 244 g/mol. The van der Waals surface area contributed by atoms with Gasteiger partial charge in [0, 0.05) is 12.5 Å². The van der Waals surface area contributed by atoms with Crippen LogP contribution in [0.4, 0.5) is 0 Å². The lowest BCUT2D eigenvalue weighted by molar-refractivity contribution is -0.140. The predicted molar refractivity (Wildman–Crippen MR) is 62.7 cm³/mol. The molecule has 0 aromatic rings. The van der Waals surface area contributed by atoms with Crippen LogP contribution in [0.25, 0.3) is 0 Å². The Hall–Kier alpha value is -1.63. The second kappa shape index (κ2) is 7.61. The van der Waals surface area contributed by atoms with Crippen LogP contribution in [0.2, 0.25) is 0 Å². The number of nitrogens with zero attached hydrogens (tertiary/aromatic N) is 1. The van der Waals surface area contributed by atoms with Crippen LogP contribution >= 0.6 is 0 Å². The number of carbonyl (C=O) groups is 3. The first-order valence-corrected chi connectivity index (χ1v) is 5.44. The van der Waals surface area contributed by atoms with Gasteiger partial charge in [-0.05, 0) is 6.54 Å². The number of rotatable bonds is 8. The van der Waals surface area contributed by atoms with Gasteiger partial charge in [0.2, 0.25) is 17.7 Å². The van der Waals surface area contributed by atoms with Crippen molar-refractivity contribution in [3.05, 3.63) is 0 Å². The first-order chi connectivity index (χ1) is 7.88. The molecule has 0 aromatic heterocycles. The molecule has 7 heteroatoms. The lowest BCUT2D eigenvalue weighted by Crippen LogP contribution is -2.46. The van der Waals surface area contributed by atoms with E-state index in [9.17, 15) is 14.4 Å². The van der Waals surface area contributed by atoms with Gasteiger partial charge in [0.1, 0.15) is 0 Å². The first-order valence-electron chi connectivity index (χ1n) is 5.44. The third-order valence-electron chi connectivity index (χ3n) is 2.13.